The number of carbonyl (C=O) groups is 1. The third kappa shape index (κ3) is 1.33. The number of aromatic nitrogens is 1. The van der Waals surface area contributed by atoms with Crippen LogP contribution in [-0.2, 0) is 6.54 Å². The Kier molecular flexibility index (Phi) is 2.34. The molecule has 5 rings (SSSR count). The number of carboxylic acids is 1. The summed E-state index contributed by atoms with van der Waals surface area (Å²) in [6.07, 6.45) is 4.20. The second-order valence-corrected chi connectivity index (χ2v) is 5.73. The molecule has 1 aromatic carbocycles. The van der Waals surface area contributed by atoms with Crippen molar-refractivity contribution in [3.8, 4) is 0 Å². The molecule has 3 heteroatoms. The van der Waals surface area contributed by atoms with E-state index in [1.54, 1.807) is 0 Å². The van der Waals surface area contributed by atoms with Gasteiger partial charge in [0.1, 0.15) is 0 Å². The maximum Gasteiger partial charge on any atom is 0.0883 e. The van der Waals surface area contributed by atoms with E-state index in [9.17, 15) is 9.90 Å². The molecule has 2 unspecified atom stereocenters. The van der Waals surface area contributed by atoms with Gasteiger partial charge in [0.15, 0.2) is 0 Å². The van der Waals surface area contributed by atoms with Crippen LogP contribution in [-0.4, -0.2) is 10.5 Å². The number of aryl methyl sites for hydroxylation is 1. The number of fused-ring (bicyclic) bond motifs is 1. The summed E-state index contributed by atoms with van der Waals surface area (Å²) in [6.45, 7) is 2.65. The van der Waals surface area contributed by atoms with Crippen LogP contribution in [0, 0.1) is 0 Å². The molecule has 2 atom stereocenters. The van der Waals surface area contributed by atoms with Crippen molar-refractivity contribution in [1.82, 2.24) is 4.57 Å². The monoisotopic (exact) mass is 266 g/mol. The first-order valence-corrected chi connectivity index (χ1v) is 7.25. The lowest BCUT2D eigenvalue weighted by Gasteiger charge is -2.39. The lowest BCUT2D eigenvalue weighted by molar-refractivity contribution is -0.255. The molecule has 3 aliphatic carbocycles. The van der Waals surface area contributed by atoms with Crippen molar-refractivity contribution in [1.29, 1.82) is 0 Å². The SMILES string of the molecule is CCn1cc2c(c1C(=O)[O-])C1CCC2c2ccccc21. The average molecular weight is 266 g/mol. The number of rotatable bonds is 2. The fraction of sp³-hybridized carbons (Fsp3) is 0.353. The quantitative estimate of drug-likeness (QED) is 0.836. The Morgan fingerprint density at radius 2 is 1.85 bits per heavy atom. The van der Waals surface area contributed by atoms with Crippen LogP contribution < -0.4 is 5.11 Å². The van der Waals surface area contributed by atoms with Crippen LogP contribution >= 0.6 is 0 Å². The molecule has 0 amide bonds. The highest BCUT2D eigenvalue weighted by Gasteiger charge is 2.40. The minimum atomic E-state index is -1.04. The summed E-state index contributed by atoms with van der Waals surface area (Å²) >= 11 is 0. The van der Waals surface area contributed by atoms with E-state index in [0.29, 0.717) is 18.2 Å². The molecule has 0 aliphatic heterocycles. The topological polar surface area (TPSA) is 45.1 Å². The Bertz CT molecular complexity index is 714. The summed E-state index contributed by atoms with van der Waals surface area (Å²) in [6, 6.07) is 8.47. The number of hydrogen-bond acceptors (Lipinski definition) is 2. The van der Waals surface area contributed by atoms with Crippen LogP contribution in [0.3, 0.4) is 0 Å². The largest absolute Gasteiger partial charge is 0.543 e. The molecular weight excluding hydrogens is 250 g/mol. The predicted octanol–water partition coefficient (Wildman–Crippen LogP) is 2.24. The maximum atomic E-state index is 11.6. The van der Waals surface area contributed by atoms with Gasteiger partial charge in [0, 0.05) is 24.6 Å². The molecule has 1 aromatic heterocycles. The van der Waals surface area contributed by atoms with Gasteiger partial charge in [0.25, 0.3) is 0 Å². The van der Waals surface area contributed by atoms with Crippen LogP contribution in [0.5, 0.6) is 0 Å². The molecule has 0 N–H and O–H groups in total. The number of hydrogen-bond donors (Lipinski definition) is 0. The van der Waals surface area contributed by atoms with E-state index in [0.717, 1.165) is 18.4 Å². The lowest BCUT2D eigenvalue weighted by atomic mass is 9.64. The molecule has 2 bridgehead atoms. The average Bonchev–Trinajstić information content (AvgIpc) is 2.88. The predicted molar refractivity (Wildman–Crippen MR) is 73.8 cm³/mol. The van der Waals surface area contributed by atoms with Crippen molar-refractivity contribution < 1.29 is 9.90 Å². The maximum absolute atomic E-state index is 11.6. The molecule has 3 nitrogen and oxygen atoms in total. The number of carboxylic acid groups (broad SMARTS) is 1. The summed E-state index contributed by atoms with van der Waals surface area (Å²) < 4.78 is 1.84. The van der Waals surface area contributed by atoms with Gasteiger partial charge in [0.2, 0.25) is 0 Å². The molecule has 0 fully saturated rings. The van der Waals surface area contributed by atoms with Crippen LogP contribution in [0.4, 0.5) is 0 Å². The van der Waals surface area contributed by atoms with Gasteiger partial charge in [-0.2, -0.15) is 0 Å². The molecule has 102 valence electrons. The van der Waals surface area contributed by atoms with Crippen molar-refractivity contribution in [3.63, 3.8) is 0 Å². The summed E-state index contributed by atoms with van der Waals surface area (Å²) in [5.41, 5.74) is 5.32. The Hall–Kier alpha value is -2.03. The van der Waals surface area contributed by atoms with E-state index in [1.807, 2.05) is 17.7 Å². The van der Waals surface area contributed by atoms with Gasteiger partial charge in [-0.15, -0.1) is 0 Å². The molecular formula is C17H16NO2-. The van der Waals surface area contributed by atoms with E-state index in [1.165, 1.54) is 16.7 Å². The van der Waals surface area contributed by atoms with Gasteiger partial charge < -0.3 is 14.5 Å². The number of aromatic carboxylic acids is 1. The highest BCUT2D eigenvalue weighted by molar-refractivity contribution is 5.88. The first kappa shape index (κ1) is 11.8. The van der Waals surface area contributed by atoms with E-state index in [-0.39, 0.29) is 5.92 Å². The molecule has 0 saturated carbocycles. The van der Waals surface area contributed by atoms with E-state index in [2.05, 4.69) is 24.3 Å². The van der Waals surface area contributed by atoms with Crippen molar-refractivity contribution in [2.45, 2.75) is 38.1 Å². The van der Waals surface area contributed by atoms with Crippen LogP contribution in [0.1, 0.15) is 64.3 Å². The van der Waals surface area contributed by atoms with Gasteiger partial charge in [-0.1, -0.05) is 24.3 Å². The number of nitrogens with zero attached hydrogens (tertiary/aromatic N) is 1. The smallest absolute Gasteiger partial charge is 0.0883 e. The summed E-state index contributed by atoms with van der Waals surface area (Å²) in [5, 5.41) is 11.6. The van der Waals surface area contributed by atoms with E-state index >= 15 is 0 Å². The lowest BCUT2D eigenvalue weighted by Crippen LogP contribution is -2.30. The van der Waals surface area contributed by atoms with E-state index in [4.69, 9.17) is 0 Å². The molecule has 0 spiro atoms. The van der Waals surface area contributed by atoms with Crippen molar-refractivity contribution in [2.75, 3.05) is 0 Å². The first-order chi connectivity index (χ1) is 9.72. The van der Waals surface area contributed by atoms with Crippen LogP contribution in [0.15, 0.2) is 30.5 Å². The normalized spacial score (nSPS) is 22.4. The highest BCUT2D eigenvalue weighted by Crippen LogP contribution is 2.54. The molecule has 0 saturated heterocycles. The Morgan fingerprint density at radius 3 is 2.50 bits per heavy atom. The second kappa shape index (κ2) is 3.98. The Morgan fingerprint density at radius 1 is 1.20 bits per heavy atom. The van der Waals surface area contributed by atoms with Crippen molar-refractivity contribution in [2.24, 2.45) is 0 Å². The molecule has 0 radical (unpaired) electrons. The van der Waals surface area contributed by atoms with Gasteiger partial charge in [-0.05, 0) is 42.0 Å². The molecule has 1 heterocycles. The van der Waals surface area contributed by atoms with Crippen molar-refractivity contribution in [3.05, 3.63) is 58.4 Å². The summed E-state index contributed by atoms with van der Waals surface area (Å²) in [5.74, 6) is -0.456. The molecule has 20 heavy (non-hydrogen) atoms. The summed E-state index contributed by atoms with van der Waals surface area (Å²) in [7, 11) is 0. The zero-order valence-corrected chi connectivity index (χ0v) is 11.4. The first-order valence-electron chi connectivity index (χ1n) is 7.25. The van der Waals surface area contributed by atoms with Crippen molar-refractivity contribution >= 4 is 5.97 Å². The fourth-order valence-corrected chi connectivity index (χ4v) is 4.13. The molecule has 3 aliphatic rings. The van der Waals surface area contributed by atoms with E-state index < -0.39 is 5.97 Å². The zero-order valence-electron chi connectivity index (χ0n) is 11.4. The third-order valence-corrected chi connectivity index (χ3v) is 4.90. The standard InChI is InChI=1S/C17H17NO2/c1-2-18-9-14-12-7-8-13(15(14)16(18)17(19)20)11-6-4-3-5-10(11)12/h3-6,9,12-13H,2,7-8H2,1H3,(H,19,20)/p-1. The Labute approximate surface area is 117 Å². The van der Waals surface area contributed by atoms with Gasteiger partial charge >= 0.3 is 0 Å². The van der Waals surface area contributed by atoms with Crippen LogP contribution in [0.25, 0.3) is 0 Å². The summed E-state index contributed by atoms with van der Waals surface area (Å²) in [4.78, 5) is 11.6. The Balaban J connectivity index is 2.01. The van der Waals surface area contributed by atoms with Crippen LogP contribution in [0.2, 0.25) is 0 Å². The zero-order chi connectivity index (χ0) is 13.9. The van der Waals surface area contributed by atoms with Gasteiger partial charge in [-0.25, -0.2) is 0 Å². The minimum Gasteiger partial charge on any atom is -0.543 e. The third-order valence-electron chi connectivity index (χ3n) is 4.90. The highest BCUT2D eigenvalue weighted by atomic mass is 16.4. The number of carbonyl (C=O) groups excluding carboxylic acids is 1. The minimum absolute atomic E-state index is 0.229. The second-order valence-electron chi connectivity index (χ2n) is 5.73. The molecule has 2 aromatic rings. The fourth-order valence-electron chi connectivity index (χ4n) is 4.13. The van der Waals surface area contributed by atoms with Gasteiger partial charge in [0.05, 0.1) is 11.7 Å². The number of benzene rings is 1. The van der Waals surface area contributed by atoms with Gasteiger partial charge in [-0.3, -0.25) is 0 Å².